The Labute approximate surface area is 128 Å². The van der Waals surface area contributed by atoms with Gasteiger partial charge in [-0.05, 0) is 32.0 Å². The summed E-state index contributed by atoms with van der Waals surface area (Å²) in [7, 11) is 0. The van der Waals surface area contributed by atoms with Gasteiger partial charge in [0.2, 0.25) is 5.91 Å². The predicted molar refractivity (Wildman–Crippen MR) is 84.6 cm³/mol. The number of non-ortho nitro benzene ring substituents is 1. The topological polar surface area (TPSA) is 84.3 Å². The lowest BCUT2D eigenvalue weighted by Gasteiger charge is -2.12. The molecule has 1 atom stereocenters. The Morgan fingerprint density at radius 1 is 1.29 bits per heavy atom. The molecule has 0 bridgehead atoms. The first kappa shape index (κ1) is 17.5. The van der Waals surface area contributed by atoms with E-state index >= 15 is 0 Å². The summed E-state index contributed by atoms with van der Waals surface area (Å²) in [6.45, 7) is 6.22. The molecule has 116 valence electrons. The number of benzene rings is 1. The lowest BCUT2D eigenvalue weighted by atomic mass is 10.3. The summed E-state index contributed by atoms with van der Waals surface area (Å²) in [6, 6.07) is 6.22. The van der Waals surface area contributed by atoms with E-state index in [9.17, 15) is 14.9 Å². The summed E-state index contributed by atoms with van der Waals surface area (Å²) < 4.78 is 0. The van der Waals surface area contributed by atoms with E-state index in [1.54, 1.807) is 12.1 Å². The van der Waals surface area contributed by atoms with Gasteiger partial charge >= 0.3 is 0 Å². The molecule has 0 saturated carbocycles. The summed E-state index contributed by atoms with van der Waals surface area (Å²) in [6.07, 6.45) is 1.07. The average Bonchev–Trinajstić information content (AvgIpc) is 2.47. The second-order valence-electron chi connectivity index (χ2n) is 4.55. The third-order valence-corrected chi connectivity index (χ3v) is 3.87. The van der Waals surface area contributed by atoms with E-state index in [0.717, 1.165) is 24.4 Å². The fraction of sp³-hybridized carbons (Fsp3) is 0.500. The van der Waals surface area contributed by atoms with Crippen LogP contribution < -0.4 is 10.6 Å². The number of hydrogen-bond donors (Lipinski definition) is 2. The van der Waals surface area contributed by atoms with Gasteiger partial charge in [0.1, 0.15) is 0 Å². The molecule has 6 nitrogen and oxygen atoms in total. The molecule has 0 heterocycles. The Morgan fingerprint density at radius 3 is 2.52 bits per heavy atom. The zero-order valence-electron chi connectivity index (χ0n) is 12.3. The molecule has 7 heteroatoms. The summed E-state index contributed by atoms with van der Waals surface area (Å²) >= 11 is 1.39. The Bertz CT molecular complexity index is 465. The van der Waals surface area contributed by atoms with Crippen molar-refractivity contribution in [1.29, 1.82) is 0 Å². The van der Waals surface area contributed by atoms with Gasteiger partial charge in [0.25, 0.3) is 5.69 Å². The largest absolute Gasteiger partial charge is 0.354 e. The average molecular weight is 311 g/mol. The van der Waals surface area contributed by atoms with Crippen LogP contribution in [-0.2, 0) is 4.79 Å². The summed E-state index contributed by atoms with van der Waals surface area (Å²) in [5.74, 6) is -0.0309. The highest BCUT2D eigenvalue weighted by atomic mass is 32.2. The number of nitro benzene ring substituents is 1. The lowest BCUT2D eigenvalue weighted by Crippen LogP contribution is -2.36. The molecular formula is C14H21N3O3S. The van der Waals surface area contributed by atoms with E-state index in [-0.39, 0.29) is 16.8 Å². The van der Waals surface area contributed by atoms with Gasteiger partial charge in [-0.15, -0.1) is 11.8 Å². The van der Waals surface area contributed by atoms with Crippen LogP contribution in [0.1, 0.15) is 20.3 Å². The highest BCUT2D eigenvalue weighted by molar-refractivity contribution is 8.00. The van der Waals surface area contributed by atoms with Crippen molar-refractivity contribution in [3.63, 3.8) is 0 Å². The van der Waals surface area contributed by atoms with Gasteiger partial charge in [0.15, 0.2) is 0 Å². The van der Waals surface area contributed by atoms with Crippen molar-refractivity contribution in [2.24, 2.45) is 0 Å². The number of carbonyl (C=O) groups is 1. The number of nitro groups is 1. The second-order valence-corrected chi connectivity index (χ2v) is 5.97. The van der Waals surface area contributed by atoms with Gasteiger partial charge in [-0.25, -0.2) is 0 Å². The van der Waals surface area contributed by atoms with Gasteiger partial charge in [-0.2, -0.15) is 0 Å². The molecule has 1 aromatic carbocycles. The summed E-state index contributed by atoms with van der Waals surface area (Å²) in [5.41, 5.74) is 0.0541. The Morgan fingerprint density at radius 2 is 1.95 bits per heavy atom. The highest BCUT2D eigenvalue weighted by Crippen LogP contribution is 2.25. The van der Waals surface area contributed by atoms with Crippen molar-refractivity contribution < 1.29 is 9.72 Å². The van der Waals surface area contributed by atoms with Crippen LogP contribution >= 0.6 is 11.8 Å². The number of nitrogens with one attached hydrogen (secondary N) is 2. The van der Waals surface area contributed by atoms with Crippen LogP contribution in [-0.4, -0.2) is 35.7 Å². The molecule has 0 spiro atoms. The van der Waals surface area contributed by atoms with Gasteiger partial charge in [-0.1, -0.05) is 6.92 Å². The van der Waals surface area contributed by atoms with Crippen LogP contribution in [0.4, 0.5) is 5.69 Å². The van der Waals surface area contributed by atoms with Crippen LogP contribution in [0.2, 0.25) is 0 Å². The Balaban J connectivity index is 2.36. The monoisotopic (exact) mass is 311 g/mol. The number of hydrogen-bond acceptors (Lipinski definition) is 5. The maximum atomic E-state index is 11.9. The van der Waals surface area contributed by atoms with Crippen molar-refractivity contribution >= 4 is 23.4 Å². The molecule has 21 heavy (non-hydrogen) atoms. The Hall–Kier alpha value is -1.60. The SMILES string of the molecule is CCCNCCNC(=O)C(C)Sc1ccc([N+](=O)[O-])cc1. The summed E-state index contributed by atoms with van der Waals surface area (Å²) in [5, 5.41) is 16.4. The lowest BCUT2D eigenvalue weighted by molar-refractivity contribution is -0.384. The molecular weight excluding hydrogens is 290 g/mol. The van der Waals surface area contributed by atoms with Crippen LogP contribution in [0, 0.1) is 10.1 Å². The number of carbonyl (C=O) groups excluding carboxylic acids is 1. The van der Waals surface area contributed by atoms with Crippen LogP contribution in [0.25, 0.3) is 0 Å². The number of thioether (sulfide) groups is 1. The van der Waals surface area contributed by atoms with Crippen LogP contribution in [0.3, 0.4) is 0 Å². The molecule has 2 N–H and O–H groups in total. The van der Waals surface area contributed by atoms with E-state index in [1.807, 2.05) is 6.92 Å². The first-order valence-electron chi connectivity index (χ1n) is 6.94. The van der Waals surface area contributed by atoms with E-state index < -0.39 is 4.92 Å². The molecule has 0 fully saturated rings. The van der Waals surface area contributed by atoms with E-state index in [0.29, 0.717) is 6.54 Å². The predicted octanol–water partition coefficient (Wildman–Crippen LogP) is 2.19. The van der Waals surface area contributed by atoms with Crippen molar-refractivity contribution in [2.45, 2.75) is 30.4 Å². The molecule has 0 radical (unpaired) electrons. The fourth-order valence-electron chi connectivity index (χ4n) is 1.62. The van der Waals surface area contributed by atoms with Gasteiger partial charge in [0.05, 0.1) is 10.2 Å². The van der Waals surface area contributed by atoms with E-state index in [1.165, 1.54) is 23.9 Å². The van der Waals surface area contributed by atoms with Crippen molar-refractivity contribution in [3.05, 3.63) is 34.4 Å². The minimum Gasteiger partial charge on any atom is -0.354 e. The highest BCUT2D eigenvalue weighted by Gasteiger charge is 2.14. The molecule has 0 aliphatic heterocycles. The molecule has 1 aromatic rings. The van der Waals surface area contributed by atoms with E-state index in [4.69, 9.17) is 0 Å². The second kappa shape index (κ2) is 9.36. The number of rotatable bonds is 9. The van der Waals surface area contributed by atoms with Crippen molar-refractivity contribution in [3.8, 4) is 0 Å². The molecule has 0 aromatic heterocycles. The third kappa shape index (κ3) is 6.59. The van der Waals surface area contributed by atoms with Gasteiger partial charge in [-0.3, -0.25) is 14.9 Å². The van der Waals surface area contributed by atoms with Crippen LogP contribution in [0.15, 0.2) is 29.2 Å². The summed E-state index contributed by atoms with van der Waals surface area (Å²) in [4.78, 5) is 22.9. The third-order valence-electron chi connectivity index (χ3n) is 2.76. The van der Waals surface area contributed by atoms with Gasteiger partial charge < -0.3 is 10.6 Å². The zero-order chi connectivity index (χ0) is 15.7. The first-order valence-corrected chi connectivity index (χ1v) is 7.82. The number of nitrogens with zero attached hydrogens (tertiary/aromatic N) is 1. The molecule has 0 aliphatic carbocycles. The maximum Gasteiger partial charge on any atom is 0.269 e. The van der Waals surface area contributed by atoms with Gasteiger partial charge in [0, 0.05) is 30.1 Å². The molecule has 0 aliphatic rings. The quantitative estimate of drug-likeness (QED) is 0.316. The molecule has 0 saturated heterocycles. The maximum absolute atomic E-state index is 11.9. The standard InChI is InChI=1S/C14H21N3O3S/c1-3-8-15-9-10-16-14(18)11(2)21-13-6-4-12(5-7-13)17(19)20/h4-7,11,15H,3,8-10H2,1-2H3,(H,16,18). The zero-order valence-corrected chi connectivity index (χ0v) is 13.1. The Kier molecular flexibility index (Phi) is 7.78. The molecule has 1 unspecified atom stereocenters. The van der Waals surface area contributed by atoms with Crippen molar-refractivity contribution in [2.75, 3.05) is 19.6 Å². The minimum atomic E-state index is -0.437. The molecule has 1 rings (SSSR count). The van der Waals surface area contributed by atoms with Crippen LogP contribution in [0.5, 0.6) is 0 Å². The molecule has 1 amide bonds. The smallest absolute Gasteiger partial charge is 0.269 e. The van der Waals surface area contributed by atoms with Crippen molar-refractivity contribution in [1.82, 2.24) is 10.6 Å². The minimum absolute atomic E-state index is 0.0309. The number of amides is 1. The normalized spacial score (nSPS) is 11.9. The first-order chi connectivity index (χ1) is 10.0. The fourth-order valence-corrected chi connectivity index (χ4v) is 2.52. The van der Waals surface area contributed by atoms with E-state index in [2.05, 4.69) is 17.6 Å².